The number of amides is 4. The first-order valence-electron chi connectivity index (χ1n) is 34.9. The number of aromatic amines is 1. The van der Waals surface area contributed by atoms with Crippen molar-refractivity contribution >= 4 is 73.0 Å². The SMILES string of the molecule is COc1ccc2c(OS(=O)(=O)Oc3cc(C(=O)N(C)CCOCCOCCOCCn4cc(COCCOCCOCCOCCOCCOCCN5C(=O)C=CC5=O)nn4)ccc3O[C@@H]3O[C@H](CO)[C@H](O)[C@H](O)[C@H]3O)cc3c(c2c1)[C@H](CCl)CN3C(=O)c1cc2cc(OC3O[C@H](CO)[C@H](O)[C@H](O)[C@H]3O)ccc2[nH]1. The number of aliphatic hydroxyl groups excluding tert-OH is 8. The molecule has 0 spiro atoms. The number of ether oxygens (including phenoxy) is 14. The van der Waals surface area contributed by atoms with Crippen LogP contribution in [0.5, 0.6) is 28.7 Å². The lowest BCUT2D eigenvalue weighted by Gasteiger charge is -2.39. The van der Waals surface area contributed by atoms with Crippen LogP contribution in [0.15, 0.2) is 85.1 Å². The van der Waals surface area contributed by atoms with Gasteiger partial charge < -0.3 is 130 Å². The number of fused-ring (bicyclic) bond motifs is 4. The maximum absolute atomic E-state index is 14.8. The summed E-state index contributed by atoms with van der Waals surface area (Å²) in [6.07, 6.45) is -12.4. The average Bonchev–Trinajstić information content (AvgIpc) is 1.62. The van der Waals surface area contributed by atoms with Gasteiger partial charge in [0.2, 0.25) is 12.6 Å². The van der Waals surface area contributed by atoms with E-state index in [1.54, 1.807) is 29.1 Å². The maximum Gasteiger partial charge on any atom is 0.501 e. The number of nitrogens with zero attached hydrogens (tertiary/aromatic N) is 6. The molecule has 2 aromatic heterocycles. The van der Waals surface area contributed by atoms with Crippen molar-refractivity contribution in [3.05, 3.63) is 108 Å². The summed E-state index contributed by atoms with van der Waals surface area (Å²) < 4.78 is 120. The molecule has 4 aromatic carbocycles. The van der Waals surface area contributed by atoms with E-state index < -0.39 is 114 Å². The zero-order chi connectivity index (χ0) is 77.6. The number of aliphatic hydroxyl groups is 8. The van der Waals surface area contributed by atoms with Gasteiger partial charge in [0.05, 0.1) is 164 Å². The Balaban J connectivity index is 0.659. The number of likely N-dealkylation sites (N-methyl/N-ethyl adjacent to an activating group) is 1. The summed E-state index contributed by atoms with van der Waals surface area (Å²) in [6, 6.07) is 15.6. The Morgan fingerprint density at radius 2 is 1.16 bits per heavy atom. The number of imide groups is 1. The Bertz CT molecular complexity index is 4100. The highest BCUT2D eigenvalue weighted by Crippen LogP contribution is 2.48. The minimum atomic E-state index is -5.34. The molecular weight excluding hydrogens is 1490 g/mol. The van der Waals surface area contributed by atoms with Crippen LogP contribution in [0.1, 0.15) is 38.0 Å². The zero-order valence-corrected chi connectivity index (χ0v) is 61.2. The summed E-state index contributed by atoms with van der Waals surface area (Å²) >= 11 is 6.62. The standard InChI is InChI=1S/C70H90ClN7O30S/c1-75(11-14-94-17-20-97-21-18-95-15-12-76-38-45(73-74-76)41-102-30-29-101-28-27-100-26-25-99-24-23-98-22-19-96-16-13-77-58(81)9-10-59(77)82)67(89)42-3-8-53(104-70-66(88)64(86)62(84)57(40-80)106-70)55(33-42)108-109(91,92)107-54-35-52-60(49-34-46(93-2)4-6-48(49)54)44(36-71)37-78(52)68(90)51-32-43-31-47(5-7-50(43)72-51)103-69-65(87)63(85)61(83)56(39-79)105-69/h3-10,31-35,38,44,56-57,61-66,69-70,72,79-80,83-88H,11-30,36-37,39-41H2,1-2H3/t44-,56-,57-,61+,62+,63+,64+,65-,66-,69?,70-/m1/s1. The molecule has 6 aromatic rings. The van der Waals surface area contributed by atoms with Gasteiger partial charge in [-0.25, -0.2) is 4.68 Å². The molecule has 37 nitrogen and oxygen atoms in total. The van der Waals surface area contributed by atoms with Crippen molar-refractivity contribution in [2.75, 3.05) is 170 Å². The molecule has 6 heterocycles. The van der Waals surface area contributed by atoms with E-state index in [4.69, 9.17) is 86.3 Å². The third-order valence-electron chi connectivity index (χ3n) is 17.6. The number of rotatable bonds is 46. The van der Waals surface area contributed by atoms with Crippen LogP contribution in [0.4, 0.5) is 5.69 Å². The number of anilines is 1. The molecule has 9 N–H and O–H groups in total. The van der Waals surface area contributed by atoms with E-state index in [2.05, 4.69) is 15.3 Å². The molecule has 598 valence electrons. The monoisotopic (exact) mass is 1580 g/mol. The summed E-state index contributed by atoms with van der Waals surface area (Å²) in [7, 11) is -2.45. The van der Waals surface area contributed by atoms with Crippen LogP contribution in [0.3, 0.4) is 0 Å². The first kappa shape index (κ1) is 83.6. The van der Waals surface area contributed by atoms with Gasteiger partial charge in [0, 0.05) is 72.0 Å². The van der Waals surface area contributed by atoms with Crippen LogP contribution < -0.4 is 27.5 Å². The summed E-state index contributed by atoms with van der Waals surface area (Å²) in [5.41, 5.74) is 1.77. The van der Waals surface area contributed by atoms with Crippen molar-refractivity contribution in [1.29, 1.82) is 0 Å². The highest BCUT2D eigenvalue weighted by Gasteiger charge is 2.47. The Labute approximate surface area is 630 Å². The molecule has 1 unspecified atom stereocenters. The van der Waals surface area contributed by atoms with Crippen molar-refractivity contribution < 1.29 is 143 Å². The molecule has 4 aliphatic heterocycles. The number of carbonyl (C=O) groups is 4. The fourth-order valence-corrected chi connectivity index (χ4v) is 12.8. The van der Waals surface area contributed by atoms with Crippen LogP contribution >= 0.6 is 11.6 Å². The van der Waals surface area contributed by atoms with Gasteiger partial charge in [-0.3, -0.25) is 24.1 Å². The minimum Gasteiger partial charge on any atom is -0.497 e. The molecule has 4 aliphatic rings. The molecular formula is C70H90ClN7O30S. The molecule has 4 amide bonds. The Morgan fingerprint density at radius 1 is 0.606 bits per heavy atom. The third kappa shape index (κ3) is 22.5. The topological polar surface area (TPSA) is 468 Å². The van der Waals surface area contributed by atoms with Gasteiger partial charge >= 0.3 is 10.4 Å². The summed E-state index contributed by atoms with van der Waals surface area (Å²) in [4.78, 5) is 58.7. The second-order valence-electron chi connectivity index (χ2n) is 25.1. The first-order valence-corrected chi connectivity index (χ1v) is 36.8. The number of halogens is 1. The van der Waals surface area contributed by atoms with Crippen LogP contribution in [0.25, 0.3) is 21.7 Å². The largest absolute Gasteiger partial charge is 0.501 e. The molecule has 109 heavy (non-hydrogen) atoms. The molecule has 0 radical (unpaired) electrons. The normalized spacial score (nSPS) is 22.1. The third-order valence-corrected chi connectivity index (χ3v) is 18.8. The van der Waals surface area contributed by atoms with Crippen LogP contribution in [0, 0.1) is 0 Å². The molecule has 11 atom stereocenters. The average molecular weight is 1580 g/mol. The van der Waals surface area contributed by atoms with Crippen LogP contribution in [-0.4, -0.2) is 329 Å². The number of hydrogen-bond donors (Lipinski definition) is 9. The van der Waals surface area contributed by atoms with E-state index in [-0.39, 0.29) is 117 Å². The van der Waals surface area contributed by atoms with E-state index in [1.165, 1.54) is 72.5 Å². The number of nitrogens with one attached hydrogen (secondary N) is 1. The molecule has 10 rings (SSSR count). The van der Waals surface area contributed by atoms with E-state index >= 15 is 0 Å². The molecule has 2 fully saturated rings. The highest BCUT2D eigenvalue weighted by atomic mass is 35.5. The second-order valence-corrected chi connectivity index (χ2v) is 26.6. The molecule has 0 bridgehead atoms. The smallest absolute Gasteiger partial charge is 0.497 e. The first-order chi connectivity index (χ1) is 52.7. The lowest BCUT2D eigenvalue weighted by molar-refractivity contribution is -0.277. The van der Waals surface area contributed by atoms with Gasteiger partial charge in [-0.1, -0.05) is 5.21 Å². The van der Waals surface area contributed by atoms with Crippen LogP contribution in [0.2, 0.25) is 0 Å². The van der Waals surface area contributed by atoms with Crippen molar-refractivity contribution in [2.24, 2.45) is 0 Å². The number of H-pyrrole nitrogens is 1. The quantitative estimate of drug-likeness (QED) is 0.0130. The fourth-order valence-electron chi connectivity index (χ4n) is 11.9. The summed E-state index contributed by atoms with van der Waals surface area (Å²) in [5.74, 6) is -3.44. The summed E-state index contributed by atoms with van der Waals surface area (Å²) in [5, 5.41) is 92.1. The van der Waals surface area contributed by atoms with Crippen LogP contribution in [-0.2, 0) is 85.2 Å². The molecule has 2 saturated heterocycles. The Kier molecular flexibility index (Phi) is 31.3. The number of methoxy groups -OCH3 is 1. The molecule has 39 heteroatoms. The van der Waals surface area contributed by atoms with Crippen molar-refractivity contribution in [1.82, 2.24) is 29.8 Å². The van der Waals surface area contributed by atoms with Gasteiger partial charge in [0.25, 0.3) is 23.6 Å². The maximum atomic E-state index is 14.8. The second kappa shape index (κ2) is 40.9. The number of carbonyl (C=O) groups excluding carboxylic acids is 4. The van der Waals surface area contributed by atoms with E-state index in [9.17, 15) is 68.4 Å². The fraction of sp³-hybridized carbons (Fsp3) is 0.543. The van der Waals surface area contributed by atoms with Gasteiger partial charge in [-0.2, -0.15) is 0 Å². The van der Waals surface area contributed by atoms with Crippen molar-refractivity contribution in [2.45, 2.75) is 80.5 Å². The molecule has 0 saturated carbocycles. The van der Waals surface area contributed by atoms with E-state index in [0.717, 1.165) is 17.0 Å². The van der Waals surface area contributed by atoms with Crippen molar-refractivity contribution in [3.63, 3.8) is 0 Å². The predicted octanol–water partition coefficient (Wildman–Crippen LogP) is -0.689. The summed E-state index contributed by atoms with van der Waals surface area (Å²) in [6.45, 7) is 4.72. The van der Waals surface area contributed by atoms with Gasteiger partial charge in [0.15, 0.2) is 17.2 Å². The number of alkyl halides is 1. The zero-order valence-electron chi connectivity index (χ0n) is 59.6. The van der Waals surface area contributed by atoms with Crippen molar-refractivity contribution in [3.8, 4) is 28.7 Å². The van der Waals surface area contributed by atoms with Gasteiger partial charge in [0.1, 0.15) is 71.7 Å². The minimum absolute atomic E-state index is 0.00371. The lowest BCUT2D eigenvalue weighted by atomic mass is 9.95. The lowest BCUT2D eigenvalue weighted by Crippen LogP contribution is -2.60. The molecule has 0 aliphatic carbocycles. The Hall–Kier alpha value is -7.88. The van der Waals surface area contributed by atoms with E-state index in [0.29, 0.717) is 113 Å². The van der Waals surface area contributed by atoms with Gasteiger partial charge in [-0.15, -0.1) is 25.1 Å². The van der Waals surface area contributed by atoms with E-state index in [1.807, 2.05) is 0 Å². The van der Waals surface area contributed by atoms with Gasteiger partial charge in [-0.05, 0) is 71.6 Å². The number of hydrogen-bond acceptors (Lipinski definition) is 32. The number of benzene rings is 4. The predicted molar refractivity (Wildman–Crippen MR) is 378 cm³/mol. The Morgan fingerprint density at radius 3 is 1.74 bits per heavy atom. The number of aromatic nitrogens is 4. The highest BCUT2D eigenvalue weighted by molar-refractivity contribution is 7.82.